The highest BCUT2D eigenvalue weighted by atomic mass is 16.4. The molecule has 1 amide bonds. The number of nitrogens with zero attached hydrogens (tertiary/aromatic N) is 1. The van der Waals surface area contributed by atoms with E-state index in [0.29, 0.717) is 18.7 Å². The van der Waals surface area contributed by atoms with Crippen molar-refractivity contribution in [1.29, 1.82) is 0 Å². The number of amides is 1. The average molecular weight is 341 g/mol. The van der Waals surface area contributed by atoms with E-state index in [1.807, 2.05) is 30.0 Å². The smallest absolute Gasteiger partial charge is 0.339 e. The number of hydrogen-bond donors (Lipinski definition) is 1. The molecule has 1 saturated heterocycles. The van der Waals surface area contributed by atoms with E-state index in [4.69, 9.17) is 4.42 Å². The van der Waals surface area contributed by atoms with Crippen LogP contribution in [0.4, 0.5) is 0 Å². The van der Waals surface area contributed by atoms with E-state index >= 15 is 0 Å². The first-order chi connectivity index (χ1) is 12.1. The Labute approximate surface area is 147 Å². The maximum atomic E-state index is 12.9. The van der Waals surface area contributed by atoms with Crippen LogP contribution in [0, 0.1) is 0 Å². The van der Waals surface area contributed by atoms with Gasteiger partial charge in [-0.1, -0.05) is 37.3 Å². The SMILES string of the molecule is CCc1oc(C(=O)N2CCCCC2Cc2ccccc2)cc1C(=O)O. The van der Waals surface area contributed by atoms with Crippen molar-refractivity contribution in [3.05, 3.63) is 59.0 Å². The fourth-order valence-corrected chi connectivity index (χ4v) is 3.49. The summed E-state index contributed by atoms with van der Waals surface area (Å²) in [6, 6.07) is 11.6. The van der Waals surface area contributed by atoms with Gasteiger partial charge in [-0.3, -0.25) is 4.79 Å². The van der Waals surface area contributed by atoms with Gasteiger partial charge in [0.25, 0.3) is 5.91 Å². The molecule has 1 unspecified atom stereocenters. The number of carboxylic acid groups (broad SMARTS) is 1. The monoisotopic (exact) mass is 341 g/mol. The largest absolute Gasteiger partial charge is 0.478 e. The molecule has 5 nitrogen and oxygen atoms in total. The van der Waals surface area contributed by atoms with Crippen molar-refractivity contribution in [3.63, 3.8) is 0 Å². The number of aromatic carboxylic acids is 1. The van der Waals surface area contributed by atoms with Gasteiger partial charge in [0.2, 0.25) is 0 Å². The molecule has 132 valence electrons. The highest BCUT2D eigenvalue weighted by Crippen LogP contribution is 2.25. The molecule has 2 aromatic rings. The minimum absolute atomic E-state index is 0.0856. The molecule has 1 aliphatic heterocycles. The Kier molecular flexibility index (Phi) is 5.22. The van der Waals surface area contributed by atoms with Crippen LogP contribution in [0.5, 0.6) is 0 Å². The number of carbonyl (C=O) groups excluding carboxylic acids is 1. The second kappa shape index (κ2) is 7.55. The highest BCUT2D eigenvalue weighted by Gasteiger charge is 2.30. The molecule has 1 fully saturated rings. The third-order valence-electron chi connectivity index (χ3n) is 4.77. The van der Waals surface area contributed by atoms with E-state index in [1.54, 1.807) is 0 Å². The Hall–Kier alpha value is -2.56. The zero-order valence-electron chi connectivity index (χ0n) is 14.4. The summed E-state index contributed by atoms with van der Waals surface area (Å²) in [5, 5.41) is 9.26. The first-order valence-electron chi connectivity index (χ1n) is 8.81. The molecule has 1 aromatic carbocycles. The molecule has 0 spiro atoms. The van der Waals surface area contributed by atoms with E-state index in [1.165, 1.54) is 11.6 Å². The standard InChI is InChI=1S/C20H23NO4/c1-2-17-16(20(23)24)13-18(25-17)19(22)21-11-7-6-10-15(21)12-14-8-4-3-5-9-14/h3-5,8-9,13,15H,2,6-7,10-12H2,1H3,(H,23,24). The number of carboxylic acids is 1. The summed E-state index contributed by atoms with van der Waals surface area (Å²) < 4.78 is 5.57. The van der Waals surface area contributed by atoms with Gasteiger partial charge in [0.15, 0.2) is 5.76 Å². The fourth-order valence-electron chi connectivity index (χ4n) is 3.49. The number of hydrogen-bond acceptors (Lipinski definition) is 3. The second-order valence-corrected chi connectivity index (χ2v) is 6.44. The van der Waals surface area contributed by atoms with Crippen LogP contribution in [0.25, 0.3) is 0 Å². The van der Waals surface area contributed by atoms with Crippen LogP contribution in [-0.2, 0) is 12.8 Å². The molecular formula is C20H23NO4. The molecule has 3 rings (SSSR count). The maximum Gasteiger partial charge on any atom is 0.339 e. The normalized spacial score (nSPS) is 17.5. The Bertz CT molecular complexity index is 750. The van der Waals surface area contributed by atoms with E-state index in [9.17, 15) is 14.7 Å². The zero-order chi connectivity index (χ0) is 17.8. The number of benzene rings is 1. The van der Waals surface area contributed by atoms with Gasteiger partial charge in [-0.05, 0) is 31.2 Å². The number of likely N-dealkylation sites (tertiary alicyclic amines) is 1. The van der Waals surface area contributed by atoms with Crippen LogP contribution in [0.3, 0.4) is 0 Å². The number of aryl methyl sites for hydroxylation is 1. The van der Waals surface area contributed by atoms with Crippen LogP contribution in [0.1, 0.15) is 58.4 Å². The van der Waals surface area contributed by atoms with Crippen molar-refractivity contribution in [2.24, 2.45) is 0 Å². The van der Waals surface area contributed by atoms with Crippen molar-refractivity contribution >= 4 is 11.9 Å². The first kappa shape index (κ1) is 17.3. The molecule has 1 aromatic heterocycles. The topological polar surface area (TPSA) is 70.8 Å². The first-order valence-corrected chi connectivity index (χ1v) is 8.81. The molecule has 25 heavy (non-hydrogen) atoms. The van der Waals surface area contributed by atoms with Crippen LogP contribution in [0.2, 0.25) is 0 Å². The fraction of sp³-hybridized carbons (Fsp3) is 0.400. The Balaban J connectivity index is 1.82. The molecule has 0 bridgehead atoms. The lowest BCUT2D eigenvalue weighted by molar-refractivity contribution is 0.0578. The maximum absolute atomic E-state index is 12.9. The van der Waals surface area contributed by atoms with E-state index in [-0.39, 0.29) is 23.3 Å². The van der Waals surface area contributed by atoms with Gasteiger partial charge in [0, 0.05) is 25.1 Å². The Morgan fingerprint density at radius 2 is 2.00 bits per heavy atom. The molecular weight excluding hydrogens is 318 g/mol. The average Bonchev–Trinajstić information content (AvgIpc) is 3.07. The van der Waals surface area contributed by atoms with Crippen LogP contribution in [0.15, 0.2) is 40.8 Å². The minimum Gasteiger partial charge on any atom is -0.478 e. The number of piperidine rings is 1. The predicted octanol–water partition coefficient (Wildman–Crippen LogP) is 3.78. The molecule has 0 radical (unpaired) electrons. The quantitative estimate of drug-likeness (QED) is 0.898. The highest BCUT2D eigenvalue weighted by molar-refractivity contribution is 5.96. The molecule has 5 heteroatoms. The van der Waals surface area contributed by atoms with Gasteiger partial charge in [0.1, 0.15) is 11.3 Å². The van der Waals surface area contributed by atoms with Gasteiger partial charge in [-0.25, -0.2) is 4.79 Å². The lowest BCUT2D eigenvalue weighted by atomic mass is 9.95. The zero-order valence-corrected chi connectivity index (χ0v) is 14.4. The van der Waals surface area contributed by atoms with Crippen molar-refractivity contribution in [2.75, 3.05) is 6.54 Å². The lowest BCUT2D eigenvalue weighted by Gasteiger charge is -2.35. The molecule has 0 saturated carbocycles. The lowest BCUT2D eigenvalue weighted by Crippen LogP contribution is -2.44. The summed E-state index contributed by atoms with van der Waals surface area (Å²) in [6.07, 6.45) is 4.26. The minimum atomic E-state index is -1.06. The summed E-state index contributed by atoms with van der Waals surface area (Å²) in [5.41, 5.74) is 1.29. The van der Waals surface area contributed by atoms with Crippen LogP contribution < -0.4 is 0 Å². The van der Waals surface area contributed by atoms with Crippen molar-refractivity contribution in [3.8, 4) is 0 Å². The summed E-state index contributed by atoms with van der Waals surface area (Å²) in [4.78, 5) is 26.1. The van der Waals surface area contributed by atoms with E-state index in [2.05, 4.69) is 12.1 Å². The third-order valence-corrected chi connectivity index (χ3v) is 4.77. The van der Waals surface area contributed by atoms with Crippen LogP contribution in [-0.4, -0.2) is 34.5 Å². The number of furan rings is 1. The van der Waals surface area contributed by atoms with Crippen molar-refractivity contribution < 1.29 is 19.1 Å². The molecule has 1 aliphatic rings. The molecule has 0 aliphatic carbocycles. The Morgan fingerprint density at radius 1 is 1.24 bits per heavy atom. The van der Waals surface area contributed by atoms with Gasteiger partial charge in [-0.2, -0.15) is 0 Å². The number of rotatable bonds is 5. The molecule has 1 N–H and O–H groups in total. The van der Waals surface area contributed by atoms with Crippen molar-refractivity contribution in [1.82, 2.24) is 4.90 Å². The summed E-state index contributed by atoms with van der Waals surface area (Å²) in [7, 11) is 0. The summed E-state index contributed by atoms with van der Waals surface area (Å²) >= 11 is 0. The Morgan fingerprint density at radius 3 is 2.64 bits per heavy atom. The second-order valence-electron chi connectivity index (χ2n) is 6.44. The predicted molar refractivity (Wildman–Crippen MR) is 93.9 cm³/mol. The van der Waals surface area contributed by atoms with E-state index < -0.39 is 5.97 Å². The third kappa shape index (κ3) is 3.76. The summed E-state index contributed by atoms with van der Waals surface area (Å²) in [6.45, 7) is 2.50. The van der Waals surface area contributed by atoms with E-state index in [0.717, 1.165) is 25.7 Å². The molecule has 1 atom stereocenters. The number of carbonyl (C=O) groups is 2. The summed E-state index contributed by atoms with van der Waals surface area (Å²) in [5.74, 6) is -0.774. The van der Waals surface area contributed by atoms with Crippen molar-refractivity contribution in [2.45, 2.75) is 45.1 Å². The van der Waals surface area contributed by atoms with Gasteiger partial charge >= 0.3 is 5.97 Å². The van der Waals surface area contributed by atoms with Gasteiger partial charge < -0.3 is 14.4 Å². The van der Waals surface area contributed by atoms with Crippen LogP contribution >= 0.6 is 0 Å². The van der Waals surface area contributed by atoms with Gasteiger partial charge in [-0.15, -0.1) is 0 Å². The molecule has 2 heterocycles. The van der Waals surface area contributed by atoms with Gasteiger partial charge in [0.05, 0.1) is 0 Å².